The molecule has 1 heterocycles. The van der Waals surface area contributed by atoms with E-state index in [9.17, 15) is 22.7 Å². The summed E-state index contributed by atoms with van der Waals surface area (Å²) in [5.41, 5.74) is -1.20. The third-order valence-electron chi connectivity index (χ3n) is 3.39. The van der Waals surface area contributed by atoms with Crippen LogP contribution in [-0.4, -0.2) is 21.1 Å². The Morgan fingerprint density at radius 3 is 2.68 bits per heavy atom. The number of alkyl halides is 4. The van der Waals surface area contributed by atoms with E-state index in [1.807, 2.05) is 6.92 Å². The lowest BCUT2D eigenvalue weighted by atomic mass is 9.91. The second-order valence-corrected chi connectivity index (χ2v) is 4.78. The average Bonchev–Trinajstić information content (AvgIpc) is 2.70. The van der Waals surface area contributed by atoms with Crippen LogP contribution in [-0.2, 0) is 19.1 Å². The van der Waals surface area contributed by atoms with Gasteiger partial charge in [0.1, 0.15) is 12.3 Å². The van der Waals surface area contributed by atoms with Crippen molar-refractivity contribution in [2.75, 3.05) is 0 Å². The lowest BCUT2D eigenvalue weighted by Crippen LogP contribution is -2.24. The molecule has 0 aromatic carbocycles. The van der Waals surface area contributed by atoms with Crippen molar-refractivity contribution in [2.24, 2.45) is 0 Å². The van der Waals surface area contributed by atoms with E-state index in [0.717, 1.165) is 6.42 Å². The number of aromatic nitrogens is 2. The minimum Gasteiger partial charge on any atom is -0.385 e. The van der Waals surface area contributed by atoms with Crippen LogP contribution < -0.4 is 0 Å². The number of fused-ring (bicyclic) bond motifs is 1. The van der Waals surface area contributed by atoms with Gasteiger partial charge in [-0.05, 0) is 19.3 Å². The molecule has 1 aliphatic carbocycles. The normalized spacial score (nSPS) is 23.5. The zero-order chi connectivity index (χ0) is 14.2. The Kier molecular flexibility index (Phi) is 3.85. The molecule has 1 unspecified atom stereocenters. The maximum absolute atomic E-state index is 13.4. The molecule has 0 fully saturated rings. The van der Waals surface area contributed by atoms with E-state index in [-0.39, 0.29) is 18.4 Å². The number of unbranched alkanes of at least 4 members (excludes halogenated alkanes) is 1. The van der Waals surface area contributed by atoms with Gasteiger partial charge in [-0.2, -0.15) is 18.3 Å². The molecule has 1 aromatic rings. The van der Waals surface area contributed by atoms with Crippen LogP contribution in [0.25, 0.3) is 0 Å². The highest BCUT2D eigenvalue weighted by molar-refractivity contribution is 5.34. The van der Waals surface area contributed by atoms with Crippen LogP contribution in [0.2, 0.25) is 0 Å². The molecule has 2 rings (SSSR count). The SMILES string of the molecule is CCCCn1nc(C(F)(F)F)c2c1CCC(F)[C@H]2O. The molecule has 0 saturated heterocycles. The Morgan fingerprint density at radius 1 is 1.42 bits per heavy atom. The summed E-state index contributed by atoms with van der Waals surface area (Å²) in [6.07, 6.45) is -6.32. The van der Waals surface area contributed by atoms with Crippen LogP contribution in [0.3, 0.4) is 0 Å². The highest BCUT2D eigenvalue weighted by atomic mass is 19.4. The fourth-order valence-corrected chi connectivity index (χ4v) is 2.40. The number of aliphatic hydroxyl groups excluding tert-OH is 1. The number of hydrogen-bond acceptors (Lipinski definition) is 2. The van der Waals surface area contributed by atoms with Gasteiger partial charge in [0.05, 0.1) is 0 Å². The molecule has 1 aromatic heterocycles. The van der Waals surface area contributed by atoms with Crippen molar-refractivity contribution < 1.29 is 22.7 Å². The Morgan fingerprint density at radius 2 is 2.11 bits per heavy atom. The van der Waals surface area contributed by atoms with Crippen molar-refractivity contribution in [2.45, 2.75) is 57.6 Å². The fraction of sp³-hybridized carbons (Fsp3) is 0.750. The fourth-order valence-electron chi connectivity index (χ4n) is 2.40. The first kappa shape index (κ1) is 14.3. The van der Waals surface area contributed by atoms with Gasteiger partial charge in [-0.1, -0.05) is 13.3 Å². The van der Waals surface area contributed by atoms with Gasteiger partial charge in [-0.3, -0.25) is 4.68 Å². The summed E-state index contributed by atoms with van der Waals surface area (Å²) in [5, 5.41) is 13.2. The predicted octanol–water partition coefficient (Wildman–Crippen LogP) is 3.02. The quantitative estimate of drug-likeness (QED) is 0.864. The van der Waals surface area contributed by atoms with Gasteiger partial charge in [0, 0.05) is 17.8 Å². The van der Waals surface area contributed by atoms with E-state index in [4.69, 9.17) is 0 Å². The molecular formula is C12H16F4N2O. The van der Waals surface area contributed by atoms with Gasteiger partial charge in [0.15, 0.2) is 5.69 Å². The summed E-state index contributed by atoms with van der Waals surface area (Å²) in [4.78, 5) is 0. The lowest BCUT2D eigenvalue weighted by Gasteiger charge is -2.23. The summed E-state index contributed by atoms with van der Waals surface area (Å²) in [7, 11) is 0. The lowest BCUT2D eigenvalue weighted by molar-refractivity contribution is -0.143. The molecule has 0 saturated carbocycles. The largest absolute Gasteiger partial charge is 0.435 e. The number of aliphatic hydroxyl groups is 1. The number of nitrogens with zero attached hydrogens (tertiary/aromatic N) is 2. The van der Waals surface area contributed by atoms with Crippen molar-refractivity contribution in [1.82, 2.24) is 9.78 Å². The molecule has 3 nitrogen and oxygen atoms in total. The molecule has 0 spiro atoms. The summed E-state index contributed by atoms with van der Waals surface area (Å²) in [6.45, 7) is 2.28. The van der Waals surface area contributed by atoms with Crippen molar-refractivity contribution in [3.8, 4) is 0 Å². The van der Waals surface area contributed by atoms with Crippen LogP contribution >= 0.6 is 0 Å². The van der Waals surface area contributed by atoms with Crippen LogP contribution in [0.4, 0.5) is 17.6 Å². The smallest absolute Gasteiger partial charge is 0.385 e. The van der Waals surface area contributed by atoms with E-state index in [1.54, 1.807) is 0 Å². The first-order valence-electron chi connectivity index (χ1n) is 6.35. The van der Waals surface area contributed by atoms with Gasteiger partial charge in [-0.25, -0.2) is 4.39 Å². The molecule has 2 atom stereocenters. The van der Waals surface area contributed by atoms with Crippen molar-refractivity contribution in [1.29, 1.82) is 0 Å². The first-order chi connectivity index (χ1) is 8.86. The summed E-state index contributed by atoms with van der Waals surface area (Å²) in [5.74, 6) is 0. The van der Waals surface area contributed by atoms with Crippen LogP contribution in [0.1, 0.15) is 49.2 Å². The molecule has 0 amide bonds. The van der Waals surface area contributed by atoms with E-state index >= 15 is 0 Å². The van der Waals surface area contributed by atoms with E-state index in [0.29, 0.717) is 18.7 Å². The Hall–Kier alpha value is -1.11. The maximum atomic E-state index is 13.4. The zero-order valence-corrected chi connectivity index (χ0v) is 10.5. The van der Waals surface area contributed by atoms with Gasteiger partial charge < -0.3 is 5.11 Å². The number of aryl methyl sites for hydroxylation is 1. The molecule has 0 aliphatic heterocycles. The number of hydrogen-bond donors (Lipinski definition) is 1. The first-order valence-corrected chi connectivity index (χ1v) is 6.35. The topological polar surface area (TPSA) is 38.0 Å². The van der Waals surface area contributed by atoms with E-state index < -0.39 is 24.1 Å². The van der Waals surface area contributed by atoms with Crippen LogP contribution in [0.15, 0.2) is 0 Å². The minimum absolute atomic E-state index is 0.0310. The highest BCUT2D eigenvalue weighted by Gasteiger charge is 2.44. The molecule has 19 heavy (non-hydrogen) atoms. The van der Waals surface area contributed by atoms with Crippen molar-refractivity contribution >= 4 is 0 Å². The third kappa shape index (κ3) is 2.61. The molecule has 0 bridgehead atoms. The molecule has 0 radical (unpaired) electrons. The van der Waals surface area contributed by atoms with Gasteiger partial charge in [-0.15, -0.1) is 0 Å². The van der Waals surface area contributed by atoms with Gasteiger partial charge in [0.25, 0.3) is 0 Å². The van der Waals surface area contributed by atoms with Crippen molar-refractivity contribution in [3.63, 3.8) is 0 Å². The summed E-state index contributed by atoms with van der Waals surface area (Å²) >= 11 is 0. The standard InChI is InChI=1S/C12H16F4N2O/c1-2-3-6-18-8-5-4-7(13)10(19)9(8)11(17-18)12(14,15)16/h7,10,19H,2-6H2,1H3/t7?,10-/m1/s1. The molecule has 108 valence electrons. The maximum Gasteiger partial charge on any atom is 0.435 e. The third-order valence-corrected chi connectivity index (χ3v) is 3.39. The van der Waals surface area contributed by atoms with Crippen LogP contribution in [0.5, 0.6) is 0 Å². The second-order valence-electron chi connectivity index (χ2n) is 4.78. The van der Waals surface area contributed by atoms with E-state index in [2.05, 4.69) is 5.10 Å². The molecule has 7 heteroatoms. The zero-order valence-electron chi connectivity index (χ0n) is 10.5. The number of rotatable bonds is 3. The average molecular weight is 280 g/mol. The van der Waals surface area contributed by atoms with E-state index in [1.165, 1.54) is 4.68 Å². The Labute approximate surface area is 108 Å². The Balaban J connectivity index is 2.47. The predicted molar refractivity (Wildman–Crippen MR) is 60.3 cm³/mol. The molecular weight excluding hydrogens is 264 g/mol. The highest BCUT2D eigenvalue weighted by Crippen LogP contribution is 2.41. The van der Waals surface area contributed by atoms with Gasteiger partial charge in [0.2, 0.25) is 0 Å². The summed E-state index contributed by atoms with van der Waals surface area (Å²) in [6, 6.07) is 0. The van der Waals surface area contributed by atoms with Crippen LogP contribution in [0, 0.1) is 0 Å². The number of halogens is 4. The monoisotopic (exact) mass is 280 g/mol. The van der Waals surface area contributed by atoms with Crippen molar-refractivity contribution in [3.05, 3.63) is 17.0 Å². The second kappa shape index (κ2) is 5.11. The van der Waals surface area contributed by atoms with Gasteiger partial charge >= 0.3 is 6.18 Å². The molecule has 1 N–H and O–H groups in total. The Bertz CT molecular complexity index is 455. The minimum atomic E-state index is -4.67. The summed E-state index contributed by atoms with van der Waals surface area (Å²) < 4.78 is 53.4. The molecule has 1 aliphatic rings.